The third-order valence-electron chi connectivity index (χ3n) is 4.18. The first-order valence-electron chi connectivity index (χ1n) is 6.89. The minimum absolute atomic E-state index is 0.0270. The van der Waals surface area contributed by atoms with Crippen molar-refractivity contribution in [3.8, 4) is 0 Å². The highest BCUT2D eigenvalue weighted by Gasteiger charge is 2.46. The van der Waals surface area contributed by atoms with Crippen LogP contribution in [-0.4, -0.2) is 66.9 Å². The summed E-state index contributed by atoms with van der Waals surface area (Å²) in [4.78, 5) is 24.8. The molecule has 1 amide bonds. The van der Waals surface area contributed by atoms with Crippen molar-refractivity contribution in [3.63, 3.8) is 0 Å². The Morgan fingerprint density at radius 1 is 1.45 bits per heavy atom. The first kappa shape index (κ1) is 15.2. The molecule has 2 saturated heterocycles. The number of rotatable bonds is 4. The van der Waals surface area contributed by atoms with E-state index < -0.39 is 11.4 Å². The molecule has 2 atom stereocenters. The van der Waals surface area contributed by atoms with Crippen LogP contribution in [0, 0.1) is 5.41 Å². The van der Waals surface area contributed by atoms with Gasteiger partial charge >= 0.3 is 5.97 Å². The van der Waals surface area contributed by atoms with Crippen LogP contribution in [0.5, 0.6) is 0 Å². The number of carboxylic acid groups (broad SMARTS) is 1. The van der Waals surface area contributed by atoms with Crippen LogP contribution in [0.15, 0.2) is 0 Å². The molecular weight excluding hydrogens is 264 g/mol. The summed E-state index contributed by atoms with van der Waals surface area (Å²) in [6.45, 7) is 3.49. The minimum Gasteiger partial charge on any atom is -0.480 e. The van der Waals surface area contributed by atoms with Crippen LogP contribution in [0.2, 0.25) is 0 Å². The maximum absolute atomic E-state index is 12.5. The zero-order valence-corrected chi connectivity index (χ0v) is 11.7. The van der Waals surface area contributed by atoms with E-state index in [1.165, 1.54) is 0 Å². The van der Waals surface area contributed by atoms with E-state index in [1.807, 2.05) is 6.92 Å². The van der Waals surface area contributed by atoms with Gasteiger partial charge in [-0.3, -0.25) is 4.79 Å². The van der Waals surface area contributed by atoms with E-state index in [9.17, 15) is 9.59 Å². The van der Waals surface area contributed by atoms with E-state index in [-0.39, 0.29) is 24.7 Å². The van der Waals surface area contributed by atoms with Gasteiger partial charge in [-0.2, -0.15) is 0 Å². The normalized spacial score (nSPS) is 31.5. The number of amides is 1. The Kier molecular flexibility index (Phi) is 4.62. The van der Waals surface area contributed by atoms with Crippen LogP contribution in [0.25, 0.3) is 0 Å². The summed E-state index contributed by atoms with van der Waals surface area (Å²) < 4.78 is 10.6. The Labute approximate surface area is 118 Å². The van der Waals surface area contributed by atoms with Crippen LogP contribution in [0.4, 0.5) is 0 Å². The van der Waals surface area contributed by atoms with Crippen LogP contribution in [0.3, 0.4) is 0 Å². The lowest BCUT2D eigenvalue weighted by Crippen LogP contribution is -2.53. The highest BCUT2D eigenvalue weighted by atomic mass is 16.5. The number of likely N-dealkylation sites (tertiary alicyclic amines) is 1. The quantitative estimate of drug-likeness (QED) is 0.718. The lowest BCUT2D eigenvalue weighted by molar-refractivity contribution is -0.149. The lowest BCUT2D eigenvalue weighted by atomic mass is 9.83. The number of aliphatic carboxylic acids is 1. The molecule has 7 heteroatoms. The molecule has 114 valence electrons. The van der Waals surface area contributed by atoms with Crippen molar-refractivity contribution >= 4 is 11.9 Å². The molecule has 0 radical (unpaired) electrons. The van der Waals surface area contributed by atoms with Crippen molar-refractivity contribution in [1.82, 2.24) is 4.90 Å². The fourth-order valence-corrected chi connectivity index (χ4v) is 2.69. The molecule has 2 unspecified atom stereocenters. The van der Waals surface area contributed by atoms with Crippen molar-refractivity contribution in [2.75, 3.05) is 32.9 Å². The third kappa shape index (κ3) is 3.11. The number of carbonyl (C=O) groups is 2. The lowest BCUT2D eigenvalue weighted by Gasteiger charge is -2.37. The van der Waals surface area contributed by atoms with E-state index in [0.717, 1.165) is 0 Å². The number of hydrogen-bond acceptors (Lipinski definition) is 5. The number of hydrogen-bond donors (Lipinski definition) is 2. The van der Waals surface area contributed by atoms with E-state index in [0.29, 0.717) is 39.1 Å². The predicted octanol–water partition coefficient (Wildman–Crippen LogP) is -0.558. The third-order valence-corrected chi connectivity index (χ3v) is 4.18. The molecule has 2 rings (SSSR count). The predicted molar refractivity (Wildman–Crippen MR) is 70.1 cm³/mol. The maximum atomic E-state index is 12.5. The van der Waals surface area contributed by atoms with E-state index in [2.05, 4.69) is 0 Å². The Bertz CT molecular complexity index is 381. The Morgan fingerprint density at radius 2 is 2.10 bits per heavy atom. The van der Waals surface area contributed by atoms with Gasteiger partial charge in [0.15, 0.2) is 0 Å². The first-order valence-corrected chi connectivity index (χ1v) is 6.89. The van der Waals surface area contributed by atoms with E-state index >= 15 is 0 Å². The van der Waals surface area contributed by atoms with Crippen LogP contribution >= 0.6 is 0 Å². The molecule has 20 heavy (non-hydrogen) atoms. The number of piperidine rings is 1. The zero-order valence-electron chi connectivity index (χ0n) is 11.7. The standard InChI is InChI=1S/C13H22N2O5/c1-13(8-19-6-10(13)14)12(18)15-4-2-9(3-5-15)20-7-11(16)17/h9-10H,2-8,14H2,1H3,(H,16,17). The Hall–Kier alpha value is -1.18. The van der Waals surface area contributed by atoms with Gasteiger partial charge in [0, 0.05) is 19.1 Å². The van der Waals surface area contributed by atoms with Gasteiger partial charge in [-0.05, 0) is 19.8 Å². The number of nitrogens with zero attached hydrogens (tertiary/aromatic N) is 1. The fraction of sp³-hybridized carbons (Fsp3) is 0.846. The molecule has 0 bridgehead atoms. The van der Waals surface area contributed by atoms with Gasteiger partial charge in [0.05, 0.1) is 24.7 Å². The molecule has 0 aliphatic carbocycles. The second kappa shape index (κ2) is 6.07. The van der Waals surface area contributed by atoms with Gasteiger partial charge < -0.3 is 25.2 Å². The molecular formula is C13H22N2O5. The first-order chi connectivity index (χ1) is 9.43. The summed E-state index contributed by atoms with van der Waals surface area (Å²) in [5, 5.41) is 8.57. The topological polar surface area (TPSA) is 102 Å². The van der Waals surface area contributed by atoms with Crippen molar-refractivity contribution < 1.29 is 24.2 Å². The van der Waals surface area contributed by atoms with Crippen molar-refractivity contribution in [3.05, 3.63) is 0 Å². The molecule has 0 aromatic rings. The molecule has 2 fully saturated rings. The average molecular weight is 286 g/mol. The van der Waals surface area contributed by atoms with Crippen molar-refractivity contribution in [2.45, 2.75) is 31.9 Å². The molecule has 2 aliphatic rings. The number of nitrogens with two attached hydrogens (primary N) is 1. The number of carbonyl (C=O) groups excluding carboxylic acids is 1. The summed E-state index contributed by atoms with van der Waals surface area (Å²) >= 11 is 0. The van der Waals surface area contributed by atoms with E-state index in [4.69, 9.17) is 20.3 Å². The SMILES string of the molecule is CC1(C(=O)N2CCC(OCC(=O)O)CC2)COCC1N. The van der Waals surface area contributed by atoms with Gasteiger partial charge in [-0.25, -0.2) is 4.79 Å². The second-order valence-electron chi connectivity index (χ2n) is 5.74. The molecule has 0 spiro atoms. The molecule has 0 saturated carbocycles. The minimum atomic E-state index is -0.968. The fourth-order valence-electron chi connectivity index (χ4n) is 2.69. The summed E-state index contributed by atoms with van der Waals surface area (Å²) in [6, 6.07) is -0.268. The van der Waals surface area contributed by atoms with E-state index in [1.54, 1.807) is 4.90 Å². The van der Waals surface area contributed by atoms with Crippen LogP contribution in [-0.2, 0) is 19.1 Å². The smallest absolute Gasteiger partial charge is 0.329 e. The summed E-state index contributed by atoms with van der Waals surface area (Å²) in [5.74, 6) is -0.940. The highest BCUT2D eigenvalue weighted by Crippen LogP contribution is 2.30. The molecule has 7 nitrogen and oxygen atoms in total. The summed E-state index contributed by atoms with van der Waals surface area (Å²) in [5.41, 5.74) is 5.32. The molecule has 0 aromatic heterocycles. The molecule has 2 heterocycles. The molecule has 0 aromatic carbocycles. The number of ether oxygens (including phenoxy) is 2. The van der Waals surface area contributed by atoms with Gasteiger partial charge in [0.25, 0.3) is 0 Å². The monoisotopic (exact) mass is 286 g/mol. The van der Waals surface area contributed by atoms with Gasteiger partial charge in [-0.1, -0.05) is 0 Å². The van der Waals surface area contributed by atoms with Crippen molar-refractivity contribution in [1.29, 1.82) is 0 Å². The van der Waals surface area contributed by atoms with Crippen molar-refractivity contribution in [2.24, 2.45) is 11.1 Å². The van der Waals surface area contributed by atoms with Gasteiger partial charge in [-0.15, -0.1) is 0 Å². The zero-order chi connectivity index (χ0) is 14.8. The Balaban J connectivity index is 1.84. The maximum Gasteiger partial charge on any atom is 0.329 e. The van der Waals surface area contributed by atoms with Gasteiger partial charge in [0.1, 0.15) is 6.61 Å². The largest absolute Gasteiger partial charge is 0.480 e. The number of carboxylic acids is 1. The average Bonchev–Trinajstić information content (AvgIpc) is 2.77. The Morgan fingerprint density at radius 3 is 2.60 bits per heavy atom. The van der Waals surface area contributed by atoms with Crippen LogP contribution in [0.1, 0.15) is 19.8 Å². The van der Waals surface area contributed by atoms with Gasteiger partial charge in [0.2, 0.25) is 5.91 Å². The van der Waals surface area contributed by atoms with Crippen LogP contribution < -0.4 is 5.73 Å². The molecule has 3 N–H and O–H groups in total. The summed E-state index contributed by atoms with van der Waals surface area (Å²) in [7, 11) is 0. The highest BCUT2D eigenvalue weighted by molar-refractivity contribution is 5.83. The molecule has 2 aliphatic heterocycles. The second-order valence-corrected chi connectivity index (χ2v) is 5.74. The summed E-state index contributed by atoms with van der Waals surface area (Å²) in [6.07, 6.45) is 1.23.